The molecule has 1 atom stereocenters. The molecule has 1 heterocycles. The standard InChI is InChI=1S/C12H22N2O4/c1-11(2,3)8(9(15)16)14-10(17)12(13)4-6-18-7-5-12/h8H,4-7,13H2,1-3H3,(H,14,17)(H,15,16). The minimum Gasteiger partial charge on any atom is -0.480 e. The third kappa shape index (κ3) is 3.43. The highest BCUT2D eigenvalue weighted by molar-refractivity contribution is 5.90. The second kappa shape index (κ2) is 5.24. The van der Waals surface area contributed by atoms with Crippen molar-refractivity contribution in [3.05, 3.63) is 0 Å². The van der Waals surface area contributed by atoms with E-state index in [2.05, 4.69) is 5.32 Å². The lowest BCUT2D eigenvalue weighted by atomic mass is 9.84. The molecule has 0 aromatic heterocycles. The van der Waals surface area contributed by atoms with Gasteiger partial charge in [-0.2, -0.15) is 0 Å². The van der Waals surface area contributed by atoms with E-state index in [4.69, 9.17) is 15.6 Å². The molecule has 6 heteroatoms. The number of carbonyl (C=O) groups excluding carboxylic acids is 1. The number of hydrogen-bond donors (Lipinski definition) is 3. The van der Waals surface area contributed by atoms with Gasteiger partial charge in [0.25, 0.3) is 0 Å². The average molecular weight is 258 g/mol. The Hall–Kier alpha value is -1.14. The Kier molecular flexibility index (Phi) is 4.34. The summed E-state index contributed by atoms with van der Waals surface area (Å²) >= 11 is 0. The van der Waals surface area contributed by atoms with E-state index >= 15 is 0 Å². The van der Waals surface area contributed by atoms with E-state index in [0.717, 1.165) is 0 Å². The number of carboxylic acids is 1. The lowest BCUT2D eigenvalue weighted by Gasteiger charge is -2.35. The van der Waals surface area contributed by atoms with Crippen LogP contribution < -0.4 is 11.1 Å². The van der Waals surface area contributed by atoms with E-state index in [-0.39, 0.29) is 0 Å². The van der Waals surface area contributed by atoms with Gasteiger partial charge in [0.1, 0.15) is 6.04 Å². The van der Waals surface area contributed by atoms with Crippen LogP contribution in [0, 0.1) is 5.41 Å². The van der Waals surface area contributed by atoms with Gasteiger partial charge in [0.2, 0.25) is 5.91 Å². The van der Waals surface area contributed by atoms with Gasteiger partial charge in [0.05, 0.1) is 5.54 Å². The summed E-state index contributed by atoms with van der Waals surface area (Å²) in [6, 6.07) is -0.951. The number of hydrogen-bond acceptors (Lipinski definition) is 4. The SMILES string of the molecule is CC(C)(C)C(NC(=O)C1(N)CCOCC1)C(=O)O. The number of ether oxygens (including phenoxy) is 1. The molecule has 1 fully saturated rings. The van der Waals surface area contributed by atoms with Gasteiger partial charge in [-0.15, -0.1) is 0 Å². The lowest BCUT2D eigenvalue weighted by molar-refractivity contribution is -0.146. The van der Waals surface area contributed by atoms with Crippen molar-refractivity contribution in [2.75, 3.05) is 13.2 Å². The van der Waals surface area contributed by atoms with Gasteiger partial charge in [-0.25, -0.2) is 4.79 Å². The molecule has 1 aliphatic rings. The first-order valence-electron chi connectivity index (χ1n) is 6.07. The number of aliphatic carboxylic acids is 1. The molecule has 6 nitrogen and oxygen atoms in total. The van der Waals surface area contributed by atoms with Gasteiger partial charge < -0.3 is 20.9 Å². The lowest BCUT2D eigenvalue weighted by Crippen LogP contribution is -2.61. The van der Waals surface area contributed by atoms with E-state index in [9.17, 15) is 9.59 Å². The van der Waals surface area contributed by atoms with Crippen LogP contribution in [0.1, 0.15) is 33.6 Å². The highest BCUT2D eigenvalue weighted by atomic mass is 16.5. The maximum Gasteiger partial charge on any atom is 0.326 e. The van der Waals surface area contributed by atoms with Gasteiger partial charge in [0, 0.05) is 13.2 Å². The Morgan fingerprint density at radius 3 is 2.22 bits per heavy atom. The minimum absolute atomic E-state index is 0.409. The molecule has 1 saturated heterocycles. The monoisotopic (exact) mass is 258 g/mol. The molecular formula is C12H22N2O4. The number of nitrogens with two attached hydrogens (primary N) is 1. The highest BCUT2D eigenvalue weighted by Crippen LogP contribution is 2.22. The van der Waals surface area contributed by atoms with Crippen molar-refractivity contribution in [3.8, 4) is 0 Å². The first kappa shape index (κ1) is 14.9. The van der Waals surface area contributed by atoms with Crippen molar-refractivity contribution >= 4 is 11.9 Å². The zero-order valence-corrected chi connectivity index (χ0v) is 11.2. The fourth-order valence-electron chi connectivity index (χ4n) is 1.89. The fourth-order valence-corrected chi connectivity index (χ4v) is 1.89. The normalized spacial score (nSPS) is 21.1. The zero-order chi connectivity index (χ0) is 14.0. The third-order valence-corrected chi connectivity index (χ3v) is 3.23. The van der Waals surface area contributed by atoms with Crippen LogP contribution in [0.5, 0.6) is 0 Å². The number of nitrogens with one attached hydrogen (secondary N) is 1. The van der Waals surface area contributed by atoms with Crippen LogP contribution in [-0.2, 0) is 14.3 Å². The minimum atomic E-state index is -1.05. The van der Waals surface area contributed by atoms with Crippen molar-refractivity contribution < 1.29 is 19.4 Å². The van der Waals surface area contributed by atoms with Crippen molar-refractivity contribution in [1.29, 1.82) is 0 Å². The van der Waals surface area contributed by atoms with E-state index in [1.165, 1.54) is 0 Å². The Bertz CT molecular complexity index is 329. The Morgan fingerprint density at radius 2 is 1.83 bits per heavy atom. The second-order valence-electron chi connectivity index (χ2n) is 5.88. The summed E-state index contributed by atoms with van der Waals surface area (Å²) < 4.78 is 5.16. The van der Waals surface area contributed by atoms with Crippen LogP contribution in [0.4, 0.5) is 0 Å². The van der Waals surface area contributed by atoms with Crippen molar-refractivity contribution in [3.63, 3.8) is 0 Å². The summed E-state index contributed by atoms with van der Waals surface area (Å²) in [5.41, 5.74) is 4.43. The number of amides is 1. The fraction of sp³-hybridized carbons (Fsp3) is 0.833. The molecule has 0 bridgehead atoms. The van der Waals surface area contributed by atoms with Gasteiger partial charge in [-0.05, 0) is 18.3 Å². The molecule has 104 valence electrons. The summed E-state index contributed by atoms with van der Waals surface area (Å²) in [6.45, 7) is 6.14. The van der Waals surface area contributed by atoms with Gasteiger partial charge in [0.15, 0.2) is 0 Å². The van der Waals surface area contributed by atoms with Crippen LogP contribution in [0.2, 0.25) is 0 Å². The van der Waals surface area contributed by atoms with E-state index in [0.29, 0.717) is 26.1 Å². The molecule has 0 aromatic rings. The topological polar surface area (TPSA) is 102 Å². The first-order valence-corrected chi connectivity index (χ1v) is 6.07. The first-order chi connectivity index (χ1) is 8.17. The largest absolute Gasteiger partial charge is 0.480 e. The maximum atomic E-state index is 12.1. The van der Waals surface area contributed by atoms with E-state index in [1.807, 2.05) is 0 Å². The average Bonchev–Trinajstić information content (AvgIpc) is 2.24. The number of rotatable bonds is 3. The van der Waals surface area contributed by atoms with Crippen LogP contribution in [-0.4, -0.2) is 41.8 Å². The number of carbonyl (C=O) groups is 2. The molecule has 1 amide bonds. The number of carboxylic acid groups (broad SMARTS) is 1. The summed E-state index contributed by atoms with van der Waals surface area (Å²) in [6.07, 6.45) is 0.824. The van der Waals surface area contributed by atoms with Gasteiger partial charge in [-0.3, -0.25) is 4.79 Å². The van der Waals surface area contributed by atoms with Crippen molar-refractivity contribution in [1.82, 2.24) is 5.32 Å². The summed E-state index contributed by atoms with van der Waals surface area (Å²) in [7, 11) is 0. The molecule has 4 N–H and O–H groups in total. The maximum absolute atomic E-state index is 12.1. The van der Waals surface area contributed by atoms with Crippen LogP contribution in [0.3, 0.4) is 0 Å². The molecule has 0 aliphatic carbocycles. The van der Waals surface area contributed by atoms with Crippen molar-refractivity contribution in [2.45, 2.75) is 45.2 Å². The molecule has 0 radical (unpaired) electrons. The molecule has 1 aliphatic heterocycles. The van der Waals surface area contributed by atoms with E-state index in [1.54, 1.807) is 20.8 Å². The Labute approximate surface area is 107 Å². The third-order valence-electron chi connectivity index (χ3n) is 3.23. The molecule has 0 spiro atoms. The zero-order valence-electron chi connectivity index (χ0n) is 11.2. The molecule has 1 unspecified atom stereocenters. The highest BCUT2D eigenvalue weighted by Gasteiger charge is 2.40. The van der Waals surface area contributed by atoms with Crippen LogP contribution >= 0.6 is 0 Å². The smallest absolute Gasteiger partial charge is 0.326 e. The Balaban J connectivity index is 2.75. The van der Waals surface area contributed by atoms with Crippen molar-refractivity contribution in [2.24, 2.45) is 11.1 Å². The summed E-state index contributed by atoms with van der Waals surface area (Å²) in [5.74, 6) is -1.46. The summed E-state index contributed by atoms with van der Waals surface area (Å²) in [5, 5.41) is 11.7. The van der Waals surface area contributed by atoms with Gasteiger partial charge >= 0.3 is 5.97 Å². The van der Waals surface area contributed by atoms with E-state index < -0.39 is 28.9 Å². The van der Waals surface area contributed by atoms with Crippen LogP contribution in [0.25, 0.3) is 0 Å². The molecule has 0 saturated carbocycles. The quantitative estimate of drug-likeness (QED) is 0.667. The summed E-state index contributed by atoms with van der Waals surface area (Å²) in [4.78, 5) is 23.3. The van der Waals surface area contributed by atoms with Crippen LogP contribution in [0.15, 0.2) is 0 Å². The predicted octanol–water partition coefficient (Wildman–Crippen LogP) is 0.110. The molecular weight excluding hydrogens is 236 g/mol. The molecule has 18 heavy (non-hydrogen) atoms. The molecule has 0 aromatic carbocycles. The Morgan fingerprint density at radius 1 is 1.33 bits per heavy atom. The van der Waals surface area contributed by atoms with Gasteiger partial charge in [-0.1, -0.05) is 20.8 Å². The second-order valence-corrected chi connectivity index (χ2v) is 5.88. The predicted molar refractivity (Wildman–Crippen MR) is 66.0 cm³/mol. The molecule has 1 rings (SSSR count).